The summed E-state index contributed by atoms with van der Waals surface area (Å²) in [6.07, 6.45) is 7.28. The van der Waals surface area contributed by atoms with Crippen LogP contribution in [0, 0.1) is 6.92 Å². The van der Waals surface area contributed by atoms with E-state index in [4.69, 9.17) is 0 Å². The molecule has 0 amide bonds. The summed E-state index contributed by atoms with van der Waals surface area (Å²) in [7, 11) is 0. The summed E-state index contributed by atoms with van der Waals surface area (Å²) in [5.74, 6) is 0. The van der Waals surface area contributed by atoms with Crippen molar-refractivity contribution >= 4 is 5.70 Å². The molecular formula is C10H12N2. The molecule has 0 aromatic carbocycles. The van der Waals surface area contributed by atoms with E-state index in [1.807, 2.05) is 31.3 Å². The quantitative estimate of drug-likeness (QED) is 0.621. The molecule has 2 nitrogen and oxygen atoms in total. The first-order chi connectivity index (χ1) is 5.74. The second-order valence-electron chi connectivity index (χ2n) is 2.49. The van der Waals surface area contributed by atoms with Crippen LogP contribution in [-0.4, -0.2) is 9.78 Å². The minimum atomic E-state index is 0.836. The fourth-order valence-electron chi connectivity index (χ4n) is 0.831. The summed E-state index contributed by atoms with van der Waals surface area (Å²) in [5, 5.41) is 4.20. The average molecular weight is 160 g/mol. The predicted octanol–water partition coefficient (Wildman–Crippen LogP) is 2.40. The molecule has 0 atom stereocenters. The number of hydrogen-bond acceptors (Lipinski definition) is 1. The molecule has 0 radical (unpaired) electrons. The molecule has 1 aromatic heterocycles. The van der Waals surface area contributed by atoms with E-state index in [-0.39, 0.29) is 0 Å². The van der Waals surface area contributed by atoms with Crippen molar-refractivity contribution in [2.45, 2.75) is 6.92 Å². The Morgan fingerprint density at radius 2 is 2.42 bits per heavy atom. The van der Waals surface area contributed by atoms with E-state index in [0.717, 1.165) is 11.4 Å². The minimum absolute atomic E-state index is 0.836. The number of hydrogen-bond donors (Lipinski definition) is 0. The molecule has 0 fully saturated rings. The molecule has 2 heteroatoms. The van der Waals surface area contributed by atoms with Gasteiger partial charge in [0.25, 0.3) is 0 Å². The Hall–Kier alpha value is -1.57. The maximum atomic E-state index is 4.20. The fraction of sp³-hybridized carbons (Fsp3) is 0.100. The van der Waals surface area contributed by atoms with Gasteiger partial charge >= 0.3 is 0 Å². The van der Waals surface area contributed by atoms with E-state index in [1.54, 1.807) is 10.8 Å². The molecule has 0 aliphatic heterocycles. The Bertz CT molecular complexity index is 318. The second kappa shape index (κ2) is 3.72. The Labute approximate surface area is 72.5 Å². The first-order valence-electron chi connectivity index (χ1n) is 3.74. The van der Waals surface area contributed by atoms with Crippen LogP contribution in [0.4, 0.5) is 0 Å². The third kappa shape index (κ3) is 1.95. The number of allylic oxidation sites excluding steroid dienone is 4. The van der Waals surface area contributed by atoms with Crippen molar-refractivity contribution in [3.8, 4) is 0 Å². The molecule has 62 valence electrons. The molecule has 0 unspecified atom stereocenters. The molecular weight excluding hydrogens is 148 g/mol. The zero-order valence-corrected chi connectivity index (χ0v) is 7.20. The van der Waals surface area contributed by atoms with Crippen LogP contribution in [0.2, 0.25) is 0 Å². The molecule has 0 saturated carbocycles. The van der Waals surface area contributed by atoms with Crippen molar-refractivity contribution in [2.75, 3.05) is 0 Å². The zero-order chi connectivity index (χ0) is 8.97. The Balaban J connectivity index is 2.78. The summed E-state index contributed by atoms with van der Waals surface area (Å²) in [5.41, 5.74) is 1.83. The van der Waals surface area contributed by atoms with Gasteiger partial charge in [-0.1, -0.05) is 25.3 Å². The van der Waals surface area contributed by atoms with Crippen LogP contribution in [0.15, 0.2) is 43.6 Å². The summed E-state index contributed by atoms with van der Waals surface area (Å²) in [6, 6.07) is 1.94. The first-order valence-corrected chi connectivity index (χ1v) is 3.74. The number of nitrogens with zero attached hydrogens (tertiary/aromatic N) is 2. The molecule has 1 aromatic rings. The maximum absolute atomic E-state index is 4.20. The van der Waals surface area contributed by atoms with E-state index in [2.05, 4.69) is 18.3 Å². The van der Waals surface area contributed by atoms with Crippen LogP contribution in [0.3, 0.4) is 0 Å². The van der Waals surface area contributed by atoms with Crippen LogP contribution in [0.5, 0.6) is 0 Å². The minimum Gasteiger partial charge on any atom is -0.241 e. The molecule has 1 rings (SSSR count). The molecule has 0 aliphatic rings. The molecule has 0 saturated heterocycles. The topological polar surface area (TPSA) is 17.8 Å². The van der Waals surface area contributed by atoms with Crippen LogP contribution in [-0.2, 0) is 0 Å². The highest BCUT2D eigenvalue weighted by molar-refractivity contribution is 5.53. The van der Waals surface area contributed by atoms with Crippen molar-refractivity contribution in [3.05, 3.63) is 49.3 Å². The SMILES string of the molecule is C=C/C=C\C(=C)n1ccc(C)n1. The normalized spacial score (nSPS) is 10.4. The molecule has 0 spiro atoms. The lowest BCUT2D eigenvalue weighted by atomic mass is 10.4. The van der Waals surface area contributed by atoms with Gasteiger partial charge < -0.3 is 0 Å². The molecule has 1 heterocycles. The van der Waals surface area contributed by atoms with Gasteiger partial charge in [-0.2, -0.15) is 5.10 Å². The summed E-state index contributed by atoms with van der Waals surface area (Å²) in [6.45, 7) is 9.36. The number of aryl methyl sites for hydroxylation is 1. The highest BCUT2D eigenvalue weighted by Gasteiger charge is 1.93. The van der Waals surface area contributed by atoms with E-state index in [9.17, 15) is 0 Å². The van der Waals surface area contributed by atoms with Crippen molar-refractivity contribution in [1.29, 1.82) is 0 Å². The highest BCUT2D eigenvalue weighted by Crippen LogP contribution is 2.02. The summed E-state index contributed by atoms with van der Waals surface area (Å²) >= 11 is 0. The maximum Gasteiger partial charge on any atom is 0.0598 e. The highest BCUT2D eigenvalue weighted by atomic mass is 15.3. The average Bonchev–Trinajstić information content (AvgIpc) is 2.47. The second-order valence-corrected chi connectivity index (χ2v) is 2.49. The van der Waals surface area contributed by atoms with Gasteiger partial charge in [-0.3, -0.25) is 0 Å². The van der Waals surface area contributed by atoms with E-state index >= 15 is 0 Å². The van der Waals surface area contributed by atoms with Crippen molar-refractivity contribution in [2.24, 2.45) is 0 Å². The largest absolute Gasteiger partial charge is 0.241 e. The smallest absolute Gasteiger partial charge is 0.0598 e. The van der Waals surface area contributed by atoms with Gasteiger partial charge in [0.1, 0.15) is 0 Å². The molecule has 0 bridgehead atoms. The van der Waals surface area contributed by atoms with Gasteiger partial charge in [-0.15, -0.1) is 0 Å². The zero-order valence-electron chi connectivity index (χ0n) is 7.20. The van der Waals surface area contributed by atoms with Gasteiger partial charge in [0.15, 0.2) is 0 Å². The molecule has 0 aliphatic carbocycles. The van der Waals surface area contributed by atoms with E-state index in [1.165, 1.54) is 0 Å². The van der Waals surface area contributed by atoms with Crippen molar-refractivity contribution in [3.63, 3.8) is 0 Å². The van der Waals surface area contributed by atoms with Gasteiger partial charge in [0.05, 0.1) is 11.4 Å². The third-order valence-corrected chi connectivity index (χ3v) is 1.44. The molecule has 12 heavy (non-hydrogen) atoms. The lowest BCUT2D eigenvalue weighted by Gasteiger charge is -1.97. The van der Waals surface area contributed by atoms with Gasteiger partial charge in [0, 0.05) is 6.20 Å². The Morgan fingerprint density at radius 3 is 2.92 bits per heavy atom. The van der Waals surface area contributed by atoms with Crippen molar-refractivity contribution in [1.82, 2.24) is 9.78 Å². The Morgan fingerprint density at radius 1 is 1.67 bits per heavy atom. The first kappa shape index (κ1) is 8.53. The predicted molar refractivity (Wildman–Crippen MR) is 51.6 cm³/mol. The van der Waals surface area contributed by atoms with Crippen molar-refractivity contribution < 1.29 is 0 Å². The van der Waals surface area contributed by atoms with Gasteiger partial charge in [-0.25, -0.2) is 4.68 Å². The van der Waals surface area contributed by atoms with Crippen LogP contribution >= 0.6 is 0 Å². The fourth-order valence-corrected chi connectivity index (χ4v) is 0.831. The molecule has 0 N–H and O–H groups in total. The summed E-state index contributed by atoms with van der Waals surface area (Å²) < 4.78 is 1.73. The number of aromatic nitrogens is 2. The summed E-state index contributed by atoms with van der Waals surface area (Å²) in [4.78, 5) is 0. The Kier molecular flexibility index (Phi) is 2.64. The standard InChI is InChI=1S/C10H12N2/c1-4-5-6-10(3)12-8-7-9(2)11-12/h4-8H,1,3H2,2H3/b6-5-. The third-order valence-electron chi connectivity index (χ3n) is 1.44. The van der Waals surface area contributed by atoms with Gasteiger partial charge in [-0.05, 0) is 19.1 Å². The van der Waals surface area contributed by atoms with Crippen LogP contribution in [0.25, 0.3) is 5.70 Å². The van der Waals surface area contributed by atoms with E-state index < -0.39 is 0 Å². The number of rotatable bonds is 3. The lowest BCUT2D eigenvalue weighted by molar-refractivity contribution is 0.892. The van der Waals surface area contributed by atoms with Crippen LogP contribution in [0.1, 0.15) is 5.69 Å². The van der Waals surface area contributed by atoms with Gasteiger partial charge in [0.2, 0.25) is 0 Å². The van der Waals surface area contributed by atoms with E-state index in [0.29, 0.717) is 0 Å². The lowest BCUT2D eigenvalue weighted by Crippen LogP contribution is -1.93. The monoisotopic (exact) mass is 160 g/mol. The van der Waals surface area contributed by atoms with Crippen LogP contribution < -0.4 is 0 Å².